The largest absolute Gasteiger partial charge is 0.297 e. The lowest BCUT2D eigenvalue weighted by Gasteiger charge is -1.97. The van der Waals surface area contributed by atoms with E-state index in [1.807, 2.05) is 0 Å². The molecule has 0 saturated carbocycles. The van der Waals surface area contributed by atoms with Crippen molar-refractivity contribution in [3.63, 3.8) is 0 Å². The summed E-state index contributed by atoms with van der Waals surface area (Å²) in [7, 11) is 0. The smallest absolute Gasteiger partial charge is 0.252 e. The summed E-state index contributed by atoms with van der Waals surface area (Å²) in [6.07, 6.45) is 2.95. The fourth-order valence-corrected chi connectivity index (χ4v) is 1.19. The fourth-order valence-electron chi connectivity index (χ4n) is 1.00. The van der Waals surface area contributed by atoms with Crippen LogP contribution in [0.2, 0.25) is 5.28 Å². The molecule has 0 saturated heterocycles. The number of aromatic nitrogens is 4. The lowest BCUT2D eigenvalue weighted by Crippen LogP contribution is -2.06. The molecule has 0 aromatic carbocycles. The molecule has 0 aliphatic heterocycles. The van der Waals surface area contributed by atoms with Crippen LogP contribution in [0.1, 0.15) is 0 Å². The number of nitrogens with zero attached hydrogens (tertiary/aromatic N) is 3. The highest BCUT2D eigenvalue weighted by Gasteiger charge is 2.02. The van der Waals surface area contributed by atoms with Crippen LogP contribution in [0.5, 0.6) is 0 Å². The van der Waals surface area contributed by atoms with Crippen LogP contribution in [0.4, 0.5) is 0 Å². The first kappa shape index (κ1) is 8.83. The molecule has 2 aromatic rings. The predicted molar refractivity (Wildman–Crippen MR) is 50.9 cm³/mol. The molecule has 2 rings (SSSR count). The summed E-state index contributed by atoms with van der Waals surface area (Å²) in [6.45, 7) is 0. The molecule has 2 heterocycles. The van der Waals surface area contributed by atoms with Gasteiger partial charge in [0.1, 0.15) is 6.33 Å². The van der Waals surface area contributed by atoms with E-state index in [-0.39, 0.29) is 10.8 Å². The summed E-state index contributed by atoms with van der Waals surface area (Å²) < 4.78 is 0. The number of halogens is 1. The van der Waals surface area contributed by atoms with Crippen LogP contribution >= 0.6 is 11.6 Å². The van der Waals surface area contributed by atoms with Crippen molar-refractivity contribution < 1.29 is 0 Å². The van der Waals surface area contributed by atoms with Crippen LogP contribution in [-0.2, 0) is 0 Å². The van der Waals surface area contributed by atoms with Crippen molar-refractivity contribution in [1.29, 1.82) is 0 Å². The van der Waals surface area contributed by atoms with Gasteiger partial charge in [0, 0.05) is 12.3 Å². The molecule has 0 aliphatic carbocycles. The van der Waals surface area contributed by atoms with E-state index in [0.29, 0.717) is 11.4 Å². The molecular weight excluding hydrogens is 204 g/mol. The molecule has 6 heteroatoms. The highest BCUT2D eigenvalue weighted by Crippen LogP contribution is 2.11. The molecular formula is C8H5ClN4O. The lowest BCUT2D eigenvalue weighted by molar-refractivity contribution is 1.09. The minimum absolute atomic E-state index is 0.0473. The molecule has 5 nitrogen and oxygen atoms in total. The number of hydrogen-bond acceptors (Lipinski definition) is 4. The van der Waals surface area contributed by atoms with Gasteiger partial charge in [-0.3, -0.25) is 9.78 Å². The Hall–Kier alpha value is -1.75. The summed E-state index contributed by atoms with van der Waals surface area (Å²) in [5.74, 6) is 0. The van der Waals surface area contributed by atoms with Gasteiger partial charge < -0.3 is 0 Å². The predicted octanol–water partition coefficient (Wildman–Crippen LogP) is 0.880. The van der Waals surface area contributed by atoms with Gasteiger partial charge in [-0.25, -0.2) is 15.0 Å². The number of nitrogens with one attached hydrogen (secondary N) is 1. The van der Waals surface area contributed by atoms with Crippen molar-refractivity contribution >= 4 is 11.6 Å². The Morgan fingerprint density at radius 1 is 1.36 bits per heavy atom. The van der Waals surface area contributed by atoms with Crippen LogP contribution in [-0.4, -0.2) is 19.9 Å². The maximum atomic E-state index is 11.1. The molecule has 0 spiro atoms. The first-order chi connectivity index (χ1) is 6.75. The van der Waals surface area contributed by atoms with E-state index in [4.69, 9.17) is 11.6 Å². The number of rotatable bonds is 1. The molecule has 0 radical (unpaired) electrons. The highest BCUT2D eigenvalue weighted by molar-refractivity contribution is 6.28. The summed E-state index contributed by atoms with van der Waals surface area (Å²) in [5.41, 5.74) is 0.688. The first-order valence-corrected chi connectivity index (χ1v) is 4.17. The topological polar surface area (TPSA) is 71.5 Å². The van der Waals surface area contributed by atoms with E-state index in [1.54, 1.807) is 12.3 Å². The zero-order valence-corrected chi connectivity index (χ0v) is 7.69. The summed E-state index contributed by atoms with van der Waals surface area (Å²) in [4.78, 5) is 25.0. The van der Waals surface area contributed by atoms with Crippen molar-refractivity contribution in [2.24, 2.45) is 0 Å². The third-order valence-electron chi connectivity index (χ3n) is 1.56. The normalized spacial score (nSPS) is 10.1. The number of H-pyrrole nitrogens is 1. The van der Waals surface area contributed by atoms with Gasteiger partial charge in [-0.2, -0.15) is 0 Å². The monoisotopic (exact) mass is 208 g/mol. The van der Waals surface area contributed by atoms with Gasteiger partial charge in [-0.05, 0) is 17.7 Å². The second kappa shape index (κ2) is 3.55. The van der Waals surface area contributed by atoms with E-state index in [9.17, 15) is 4.79 Å². The molecule has 14 heavy (non-hydrogen) atoms. The number of hydrogen-bond donors (Lipinski definition) is 1. The van der Waals surface area contributed by atoms with Crippen molar-refractivity contribution in [2.45, 2.75) is 0 Å². The third kappa shape index (κ3) is 1.77. The van der Waals surface area contributed by atoms with Crippen LogP contribution in [0.3, 0.4) is 0 Å². The van der Waals surface area contributed by atoms with Gasteiger partial charge in [0.05, 0.1) is 11.4 Å². The molecule has 70 valence electrons. The van der Waals surface area contributed by atoms with E-state index in [2.05, 4.69) is 19.9 Å². The zero-order chi connectivity index (χ0) is 9.97. The van der Waals surface area contributed by atoms with Gasteiger partial charge in [0.25, 0.3) is 5.56 Å². The van der Waals surface area contributed by atoms with Gasteiger partial charge in [-0.15, -0.1) is 0 Å². The average Bonchev–Trinajstić information content (AvgIpc) is 2.18. The third-order valence-corrected chi connectivity index (χ3v) is 1.74. The van der Waals surface area contributed by atoms with Crippen molar-refractivity contribution in [2.75, 3.05) is 0 Å². The first-order valence-electron chi connectivity index (χ1n) is 3.79. The van der Waals surface area contributed by atoms with Crippen molar-refractivity contribution in [3.8, 4) is 11.4 Å². The molecule has 0 amide bonds. The van der Waals surface area contributed by atoms with Crippen LogP contribution in [0.25, 0.3) is 11.4 Å². The van der Waals surface area contributed by atoms with Crippen LogP contribution < -0.4 is 5.56 Å². The summed E-state index contributed by atoms with van der Waals surface area (Å²) in [5, 5.41) is 0.0473. The molecule has 0 unspecified atom stereocenters. The molecule has 1 N–H and O–H groups in total. The Morgan fingerprint density at radius 2 is 2.21 bits per heavy atom. The van der Waals surface area contributed by atoms with Gasteiger partial charge in [0.2, 0.25) is 5.28 Å². The minimum Gasteiger partial charge on any atom is -0.297 e. The average molecular weight is 209 g/mol. The highest BCUT2D eigenvalue weighted by atomic mass is 35.5. The quantitative estimate of drug-likeness (QED) is 0.707. The SMILES string of the molecule is O=c1cc(-c2ccncn2)nc(Cl)[nH]1. The Morgan fingerprint density at radius 3 is 2.86 bits per heavy atom. The van der Waals surface area contributed by atoms with Crippen LogP contribution in [0.15, 0.2) is 29.5 Å². The van der Waals surface area contributed by atoms with Crippen molar-refractivity contribution in [1.82, 2.24) is 19.9 Å². The molecule has 0 aliphatic rings. The number of aromatic amines is 1. The van der Waals surface area contributed by atoms with Gasteiger partial charge in [-0.1, -0.05) is 0 Å². The fraction of sp³-hybridized carbons (Fsp3) is 0. The summed E-state index contributed by atoms with van der Waals surface area (Å²) >= 11 is 5.59. The maximum Gasteiger partial charge on any atom is 0.252 e. The zero-order valence-electron chi connectivity index (χ0n) is 6.94. The van der Waals surface area contributed by atoms with Gasteiger partial charge >= 0.3 is 0 Å². The summed E-state index contributed by atoms with van der Waals surface area (Å²) in [6, 6.07) is 2.98. The molecule has 0 fully saturated rings. The van der Waals surface area contributed by atoms with E-state index in [1.165, 1.54) is 12.4 Å². The lowest BCUT2D eigenvalue weighted by atomic mass is 10.3. The Balaban J connectivity index is 2.58. The molecule has 0 atom stereocenters. The van der Waals surface area contributed by atoms with E-state index < -0.39 is 0 Å². The maximum absolute atomic E-state index is 11.1. The Labute approximate surface area is 83.8 Å². The van der Waals surface area contributed by atoms with Gasteiger partial charge in [0.15, 0.2) is 0 Å². The van der Waals surface area contributed by atoms with Crippen molar-refractivity contribution in [3.05, 3.63) is 40.3 Å². The molecule has 2 aromatic heterocycles. The van der Waals surface area contributed by atoms with E-state index in [0.717, 1.165) is 0 Å². The minimum atomic E-state index is -0.307. The molecule has 0 bridgehead atoms. The Bertz CT molecular complexity index is 496. The Kier molecular flexibility index (Phi) is 2.24. The second-order valence-electron chi connectivity index (χ2n) is 2.52. The van der Waals surface area contributed by atoms with E-state index >= 15 is 0 Å². The van der Waals surface area contributed by atoms with Crippen LogP contribution in [0, 0.1) is 0 Å². The standard InChI is InChI=1S/C8H5ClN4O/c9-8-12-6(3-7(14)13-8)5-1-2-10-4-11-5/h1-4H,(H,12,13,14). The second-order valence-corrected chi connectivity index (χ2v) is 2.87.